The summed E-state index contributed by atoms with van der Waals surface area (Å²) < 4.78 is 4.93. The SMILES string of the molecule is BC(B)(Br)c1cccc(NC(=O)OC(C)(C)C)n1. The van der Waals surface area contributed by atoms with Gasteiger partial charge in [0.15, 0.2) is 0 Å². The highest BCUT2D eigenvalue weighted by molar-refractivity contribution is 9.10. The minimum absolute atomic E-state index is 0.237. The van der Waals surface area contributed by atoms with Crippen LogP contribution in [0.4, 0.5) is 10.6 Å². The van der Waals surface area contributed by atoms with E-state index in [4.69, 9.17) is 4.74 Å². The summed E-state index contributed by atoms with van der Waals surface area (Å²) in [7, 11) is 3.99. The zero-order chi connectivity index (χ0) is 14.0. The molecule has 0 saturated heterocycles. The molecule has 0 saturated carbocycles. The summed E-state index contributed by atoms with van der Waals surface area (Å²) in [5.74, 6) is 0.481. The molecule has 1 aromatic heterocycles. The van der Waals surface area contributed by atoms with Crippen molar-refractivity contribution in [1.82, 2.24) is 4.98 Å². The van der Waals surface area contributed by atoms with Crippen molar-refractivity contribution in [2.75, 3.05) is 5.32 Å². The standard InChI is InChI=1S/C11H17B2BrN2O2/c1-10(2,3)18-9(17)16-8-6-4-5-7(15-8)11(12,13)14/h4-6H,12-13H2,1-3H3,(H,15,16,17). The van der Waals surface area contributed by atoms with Gasteiger partial charge in [0.1, 0.15) is 27.1 Å². The number of pyridine rings is 1. The van der Waals surface area contributed by atoms with Crippen molar-refractivity contribution in [3.8, 4) is 0 Å². The molecule has 0 aliphatic rings. The van der Waals surface area contributed by atoms with Gasteiger partial charge in [-0.2, -0.15) is 0 Å². The molecule has 1 amide bonds. The van der Waals surface area contributed by atoms with Gasteiger partial charge in [0.25, 0.3) is 0 Å². The highest BCUT2D eigenvalue weighted by Gasteiger charge is 2.19. The van der Waals surface area contributed by atoms with Gasteiger partial charge in [-0.05, 0) is 32.9 Å². The van der Waals surface area contributed by atoms with Crippen molar-refractivity contribution in [2.45, 2.75) is 30.5 Å². The van der Waals surface area contributed by atoms with Crippen molar-refractivity contribution < 1.29 is 9.53 Å². The first-order chi connectivity index (χ1) is 8.08. The van der Waals surface area contributed by atoms with Crippen LogP contribution in [0.2, 0.25) is 0 Å². The Morgan fingerprint density at radius 2 is 2.00 bits per heavy atom. The molecule has 1 rings (SSSR count). The first-order valence-corrected chi connectivity index (χ1v) is 6.54. The van der Waals surface area contributed by atoms with E-state index in [1.54, 1.807) is 6.07 Å². The highest BCUT2D eigenvalue weighted by atomic mass is 79.9. The number of halogens is 1. The van der Waals surface area contributed by atoms with Gasteiger partial charge in [0, 0.05) is 9.82 Å². The number of carbonyl (C=O) groups excluding carboxylic acids is 1. The van der Waals surface area contributed by atoms with Crippen LogP contribution >= 0.6 is 15.9 Å². The van der Waals surface area contributed by atoms with Crippen LogP contribution in [0.25, 0.3) is 0 Å². The minimum atomic E-state index is -0.517. The fraction of sp³-hybridized carbons (Fsp3) is 0.455. The van der Waals surface area contributed by atoms with Gasteiger partial charge in [-0.15, -0.1) is 0 Å². The Kier molecular flexibility index (Phi) is 4.48. The molecule has 0 unspecified atom stereocenters. The Labute approximate surface area is 118 Å². The lowest BCUT2D eigenvalue weighted by atomic mass is 9.68. The first kappa shape index (κ1) is 15.1. The number of rotatable bonds is 2. The lowest BCUT2D eigenvalue weighted by molar-refractivity contribution is 0.0635. The topological polar surface area (TPSA) is 51.2 Å². The van der Waals surface area contributed by atoms with Gasteiger partial charge in [-0.25, -0.2) is 9.78 Å². The molecule has 96 valence electrons. The van der Waals surface area contributed by atoms with Gasteiger partial charge in [0.2, 0.25) is 0 Å². The number of amides is 1. The lowest BCUT2D eigenvalue weighted by Gasteiger charge is -2.20. The van der Waals surface area contributed by atoms with E-state index in [2.05, 4.69) is 26.2 Å². The molecule has 1 heterocycles. The summed E-state index contributed by atoms with van der Waals surface area (Å²) in [5, 5.41) is 2.62. The Balaban J connectivity index is 2.77. The number of nitrogens with one attached hydrogen (secondary N) is 1. The molecule has 18 heavy (non-hydrogen) atoms. The summed E-state index contributed by atoms with van der Waals surface area (Å²) in [6, 6.07) is 5.47. The molecule has 0 bridgehead atoms. The highest BCUT2D eigenvalue weighted by Crippen LogP contribution is 2.22. The molecule has 0 aliphatic heterocycles. The van der Waals surface area contributed by atoms with Gasteiger partial charge in [0.05, 0.1) is 0 Å². The minimum Gasteiger partial charge on any atom is -0.444 e. The summed E-state index contributed by atoms with van der Waals surface area (Å²) in [6.45, 7) is 5.45. The average Bonchev–Trinajstić information content (AvgIpc) is 2.13. The van der Waals surface area contributed by atoms with E-state index in [0.717, 1.165) is 5.69 Å². The monoisotopic (exact) mass is 310 g/mol. The fourth-order valence-corrected chi connectivity index (χ4v) is 1.46. The third kappa shape index (κ3) is 5.12. The smallest absolute Gasteiger partial charge is 0.413 e. The number of ether oxygens (including phenoxy) is 1. The summed E-state index contributed by atoms with van der Waals surface area (Å²) in [5.41, 5.74) is 0.326. The third-order valence-electron chi connectivity index (χ3n) is 1.99. The predicted molar refractivity (Wildman–Crippen MR) is 81.8 cm³/mol. The fourth-order valence-electron chi connectivity index (χ4n) is 1.24. The summed E-state index contributed by atoms with van der Waals surface area (Å²) in [4.78, 5) is 16.0. The maximum atomic E-state index is 11.6. The van der Waals surface area contributed by atoms with Crippen LogP contribution in [0.1, 0.15) is 26.5 Å². The normalized spacial score (nSPS) is 12.0. The Morgan fingerprint density at radius 1 is 1.39 bits per heavy atom. The van der Waals surface area contributed by atoms with E-state index in [1.165, 1.54) is 0 Å². The number of nitrogens with zero attached hydrogens (tertiary/aromatic N) is 1. The van der Waals surface area contributed by atoms with Crippen molar-refractivity contribution in [3.63, 3.8) is 0 Å². The molecular formula is C11H17B2BrN2O2. The molecule has 0 spiro atoms. The quantitative estimate of drug-likeness (QED) is 0.660. The predicted octanol–water partition coefficient (Wildman–Crippen LogP) is 1.20. The molecule has 1 aromatic rings. The van der Waals surface area contributed by atoms with E-state index in [-0.39, 0.29) is 4.12 Å². The average molecular weight is 311 g/mol. The Bertz CT molecular complexity index is 441. The molecule has 7 heteroatoms. The molecular weight excluding hydrogens is 294 g/mol. The van der Waals surface area contributed by atoms with Crippen LogP contribution < -0.4 is 5.32 Å². The van der Waals surface area contributed by atoms with Crippen LogP contribution in [0.5, 0.6) is 0 Å². The molecule has 0 radical (unpaired) electrons. The molecule has 1 N–H and O–H groups in total. The zero-order valence-corrected chi connectivity index (χ0v) is 13.0. The number of carbonyl (C=O) groups is 1. The van der Waals surface area contributed by atoms with Crippen LogP contribution in [0, 0.1) is 0 Å². The summed E-state index contributed by atoms with van der Waals surface area (Å²) in [6.07, 6.45) is -0.500. The second kappa shape index (κ2) is 5.34. The molecule has 0 aliphatic carbocycles. The van der Waals surface area contributed by atoms with Crippen LogP contribution in [0.15, 0.2) is 18.2 Å². The lowest BCUT2D eigenvalue weighted by Crippen LogP contribution is -2.28. The van der Waals surface area contributed by atoms with E-state index < -0.39 is 11.7 Å². The molecule has 0 aromatic carbocycles. The van der Waals surface area contributed by atoms with E-state index in [9.17, 15) is 4.79 Å². The van der Waals surface area contributed by atoms with Crippen molar-refractivity contribution in [2.24, 2.45) is 0 Å². The third-order valence-corrected chi connectivity index (χ3v) is 2.39. The van der Waals surface area contributed by atoms with Crippen molar-refractivity contribution >= 4 is 43.5 Å². The van der Waals surface area contributed by atoms with Crippen LogP contribution in [0.3, 0.4) is 0 Å². The van der Waals surface area contributed by atoms with Gasteiger partial charge < -0.3 is 4.74 Å². The van der Waals surface area contributed by atoms with Crippen LogP contribution in [-0.2, 0) is 8.86 Å². The Morgan fingerprint density at radius 3 is 2.50 bits per heavy atom. The number of aromatic nitrogens is 1. The molecule has 0 atom stereocenters. The summed E-state index contributed by atoms with van der Waals surface area (Å²) >= 11 is 3.53. The van der Waals surface area contributed by atoms with Gasteiger partial charge in [-0.1, -0.05) is 22.0 Å². The van der Waals surface area contributed by atoms with Crippen LogP contribution in [-0.4, -0.2) is 32.4 Å². The van der Waals surface area contributed by atoms with Gasteiger partial charge >= 0.3 is 6.09 Å². The van der Waals surface area contributed by atoms with E-state index in [1.807, 2.05) is 48.6 Å². The zero-order valence-electron chi connectivity index (χ0n) is 11.4. The largest absolute Gasteiger partial charge is 0.444 e. The second-order valence-corrected chi connectivity index (χ2v) is 7.49. The first-order valence-electron chi connectivity index (χ1n) is 5.74. The van der Waals surface area contributed by atoms with Crippen molar-refractivity contribution in [1.29, 1.82) is 0 Å². The van der Waals surface area contributed by atoms with E-state index in [0.29, 0.717) is 5.82 Å². The molecule has 4 nitrogen and oxygen atoms in total. The molecule has 0 fully saturated rings. The number of hydrogen-bond donors (Lipinski definition) is 1. The van der Waals surface area contributed by atoms with Gasteiger partial charge in [-0.3, -0.25) is 5.32 Å². The number of anilines is 1. The Hall–Kier alpha value is -0.970. The van der Waals surface area contributed by atoms with Crippen molar-refractivity contribution in [3.05, 3.63) is 23.9 Å². The number of alkyl halides is 1. The van der Waals surface area contributed by atoms with E-state index >= 15 is 0 Å². The second-order valence-electron chi connectivity index (χ2n) is 5.51. The number of hydrogen-bond acceptors (Lipinski definition) is 3. The maximum absolute atomic E-state index is 11.6. The maximum Gasteiger partial charge on any atom is 0.413 e.